The molecule has 1 aromatic heterocycles. The molecule has 4 rings (SSSR count). The number of thioether (sulfide) groups is 1. The molecule has 0 saturated heterocycles. The summed E-state index contributed by atoms with van der Waals surface area (Å²) in [4.78, 5) is 17.2. The molecule has 10 heteroatoms. The Morgan fingerprint density at radius 1 is 1.21 bits per heavy atom. The Labute approximate surface area is 175 Å². The van der Waals surface area contributed by atoms with Crippen LogP contribution in [0.15, 0.2) is 52.4 Å². The molecule has 29 heavy (non-hydrogen) atoms. The van der Waals surface area contributed by atoms with Crippen LogP contribution in [0.4, 0.5) is 0 Å². The van der Waals surface area contributed by atoms with Gasteiger partial charge in [-0.1, -0.05) is 29.5 Å². The third kappa shape index (κ3) is 4.19. The highest BCUT2D eigenvalue weighted by molar-refractivity contribution is 7.98. The van der Waals surface area contributed by atoms with Crippen LogP contribution < -0.4 is 14.3 Å². The van der Waals surface area contributed by atoms with E-state index in [-0.39, 0.29) is 11.7 Å². The molecule has 1 aliphatic rings. The average molecular weight is 451 g/mol. The Kier molecular flexibility index (Phi) is 5.66. The van der Waals surface area contributed by atoms with E-state index in [1.807, 2.05) is 23.0 Å². The molecule has 0 fully saturated rings. The van der Waals surface area contributed by atoms with Gasteiger partial charge in [0.25, 0.3) is 5.91 Å². The number of amides is 1. The number of rotatable bonds is 6. The van der Waals surface area contributed by atoms with Crippen molar-refractivity contribution in [2.45, 2.75) is 11.4 Å². The minimum absolute atomic E-state index is 0.112. The number of sulfone groups is 1. The monoisotopic (exact) mass is 450 g/mol. The fourth-order valence-corrected chi connectivity index (χ4v) is 5.53. The number of fused-ring (bicyclic) bond motifs is 2. The van der Waals surface area contributed by atoms with E-state index in [0.717, 1.165) is 16.0 Å². The molecule has 1 aliphatic heterocycles. The van der Waals surface area contributed by atoms with Crippen molar-refractivity contribution >= 4 is 49.1 Å². The molecule has 0 spiro atoms. The number of nitrogens with zero attached hydrogens (tertiary/aromatic N) is 2. The lowest BCUT2D eigenvalue weighted by Gasteiger charge is -2.05. The maximum absolute atomic E-state index is 12.5. The molecule has 152 valence electrons. The van der Waals surface area contributed by atoms with Crippen LogP contribution in [-0.4, -0.2) is 43.4 Å². The topological polar surface area (TPSA) is 87.0 Å². The number of hydrogen-bond donors (Lipinski definition) is 0. The first kappa shape index (κ1) is 20.0. The maximum atomic E-state index is 12.5. The molecule has 2 aromatic carbocycles. The Morgan fingerprint density at radius 3 is 2.66 bits per heavy atom. The van der Waals surface area contributed by atoms with Gasteiger partial charge in [0, 0.05) is 24.4 Å². The van der Waals surface area contributed by atoms with Crippen LogP contribution in [0.1, 0.15) is 0 Å². The van der Waals surface area contributed by atoms with Crippen molar-refractivity contribution in [3.63, 3.8) is 0 Å². The summed E-state index contributed by atoms with van der Waals surface area (Å²) >= 11 is 3.00. The molecule has 0 aliphatic carbocycles. The highest BCUT2D eigenvalue weighted by Crippen LogP contribution is 2.37. The second-order valence-electron chi connectivity index (χ2n) is 6.28. The lowest BCUT2D eigenvalue weighted by molar-refractivity contribution is -0.115. The number of benzene rings is 2. The molecular formula is C19H18N2O5S3. The molecule has 0 unspecified atom stereocenters. The van der Waals surface area contributed by atoms with Gasteiger partial charge in [-0.2, -0.15) is 16.8 Å². The summed E-state index contributed by atoms with van der Waals surface area (Å²) in [5.74, 6) is 0.761. The average Bonchev–Trinajstić information content (AvgIpc) is 3.28. The fourth-order valence-electron chi connectivity index (χ4n) is 2.96. The van der Waals surface area contributed by atoms with E-state index in [0.29, 0.717) is 22.8 Å². The van der Waals surface area contributed by atoms with Crippen LogP contribution >= 0.6 is 23.1 Å². The predicted octanol–water partition coefficient (Wildman–Crippen LogP) is 2.70. The van der Waals surface area contributed by atoms with E-state index in [9.17, 15) is 13.2 Å². The van der Waals surface area contributed by atoms with Gasteiger partial charge in [0.15, 0.2) is 26.1 Å². The van der Waals surface area contributed by atoms with Gasteiger partial charge in [-0.15, -0.1) is 0 Å². The van der Waals surface area contributed by atoms with Gasteiger partial charge in [0.05, 0.1) is 15.1 Å². The van der Waals surface area contributed by atoms with Gasteiger partial charge >= 0.3 is 0 Å². The molecule has 1 amide bonds. The van der Waals surface area contributed by atoms with Crippen molar-refractivity contribution < 1.29 is 22.7 Å². The van der Waals surface area contributed by atoms with Gasteiger partial charge in [0.2, 0.25) is 6.79 Å². The van der Waals surface area contributed by atoms with Crippen LogP contribution in [0, 0.1) is 0 Å². The standard InChI is InChI=1S/C19H18N2O5S3/c1-27-8-7-21-14-9-15-16(26-12-25-15)10-17(14)28-19(21)20-18(22)11-29(23,24)13-5-3-2-4-6-13/h2-6,9-10H,7-8,11-12H2,1H3. The number of hydrogen-bond acceptors (Lipinski definition) is 7. The summed E-state index contributed by atoms with van der Waals surface area (Å²) in [7, 11) is -3.74. The summed E-state index contributed by atoms with van der Waals surface area (Å²) in [6.45, 7) is 0.822. The summed E-state index contributed by atoms with van der Waals surface area (Å²) in [5, 5.41) is 0. The molecule has 0 radical (unpaired) electrons. The number of ether oxygens (including phenoxy) is 2. The van der Waals surface area contributed by atoms with Gasteiger partial charge in [-0.3, -0.25) is 4.79 Å². The zero-order chi connectivity index (χ0) is 20.4. The van der Waals surface area contributed by atoms with E-state index in [1.165, 1.54) is 23.5 Å². The molecule has 0 saturated carbocycles. The lowest BCUT2D eigenvalue weighted by atomic mass is 10.3. The molecule has 7 nitrogen and oxygen atoms in total. The van der Waals surface area contributed by atoms with Crippen molar-refractivity contribution in [2.24, 2.45) is 4.99 Å². The second kappa shape index (κ2) is 8.21. The summed E-state index contributed by atoms with van der Waals surface area (Å²) in [6, 6.07) is 11.7. The van der Waals surface area contributed by atoms with E-state index < -0.39 is 21.5 Å². The van der Waals surface area contributed by atoms with Gasteiger partial charge in [0.1, 0.15) is 5.75 Å². The van der Waals surface area contributed by atoms with Crippen LogP contribution in [0.5, 0.6) is 11.5 Å². The number of carbonyl (C=O) groups excluding carboxylic acids is 1. The highest BCUT2D eigenvalue weighted by atomic mass is 32.2. The summed E-state index contributed by atoms with van der Waals surface area (Å²) in [5.41, 5.74) is 0.880. The molecule has 0 bridgehead atoms. The lowest BCUT2D eigenvalue weighted by Crippen LogP contribution is -2.21. The Bertz CT molecular complexity index is 1230. The summed E-state index contributed by atoms with van der Waals surface area (Å²) < 4.78 is 38.7. The minimum Gasteiger partial charge on any atom is -0.454 e. The number of thiazole rings is 1. The third-order valence-corrected chi connectivity index (χ3v) is 7.58. The Balaban J connectivity index is 1.72. The van der Waals surface area contributed by atoms with Crippen LogP contribution in [-0.2, 0) is 21.2 Å². The van der Waals surface area contributed by atoms with E-state index in [2.05, 4.69) is 4.99 Å². The first-order valence-electron chi connectivity index (χ1n) is 8.75. The minimum atomic E-state index is -3.74. The third-order valence-electron chi connectivity index (χ3n) is 4.33. The first-order chi connectivity index (χ1) is 14.0. The zero-order valence-corrected chi connectivity index (χ0v) is 18.0. The van der Waals surface area contributed by atoms with Gasteiger partial charge < -0.3 is 14.0 Å². The van der Waals surface area contributed by atoms with Gasteiger partial charge in [-0.05, 0) is 18.4 Å². The van der Waals surface area contributed by atoms with Crippen molar-refractivity contribution in [3.8, 4) is 11.5 Å². The normalized spacial score (nSPS) is 13.9. The van der Waals surface area contributed by atoms with E-state index >= 15 is 0 Å². The fraction of sp³-hybridized carbons (Fsp3) is 0.263. The summed E-state index contributed by atoms with van der Waals surface area (Å²) in [6.07, 6.45) is 2.00. The molecule has 0 atom stereocenters. The Hall–Kier alpha value is -2.30. The van der Waals surface area contributed by atoms with Crippen molar-refractivity contribution in [2.75, 3.05) is 24.6 Å². The van der Waals surface area contributed by atoms with Gasteiger partial charge in [-0.25, -0.2) is 8.42 Å². The number of carbonyl (C=O) groups is 1. The van der Waals surface area contributed by atoms with Crippen LogP contribution in [0.3, 0.4) is 0 Å². The van der Waals surface area contributed by atoms with Crippen molar-refractivity contribution in [1.29, 1.82) is 0 Å². The Morgan fingerprint density at radius 2 is 1.93 bits per heavy atom. The van der Waals surface area contributed by atoms with Crippen molar-refractivity contribution in [1.82, 2.24) is 4.57 Å². The number of aryl methyl sites for hydroxylation is 1. The smallest absolute Gasteiger partial charge is 0.263 e. The molecule has 2 heterocycles. The first-order valence-corrected chi connectivity index (χ1v) is 12.6. The molecular weight excluding hydrogens is 432 g/mol. The maximum Gasteiger partial charge on any atom is 0.263 e. The highest BCUT2D eigenvalue weighted by Gasteiger charge is 2.20. The zero-order valence-electron chi connectivity index (χ0n) is 15.5. The van der Waals surface area contributed by atoms with Crippen LogP contribution in [0.25, 0.3) is 10.2 Å². The molecule has 0 N–H and O–H groups in total. The predicted molar refractivity (Wildman–Crippen MR) is 113 cm³/mol. The van der Waals surface area contributed by atoms with Crippen molar-refractivity contribution in [3.05, 3.63) is 47.3 Å². The largest absolute Gasteiger partial charge is 0.454 e. The van der Waals surface area contributed by atoms with E-state index in [4.69, 9.17) is 9.47 Å². The molecule has 3 aromatic rings. The SMILES string of the molecule is CSCCn1c(=NC(=O)CS(=O)(=O)c2ccccc2)sc2cc3c(cc21)OCO3. The second-order valence-corrected chi connectivity index (χ2v) is 10.3. The van der Waals surface area contributed by atoms with Crippen LogP contribution in [0.2, 0.25) is 0 Å². The quantitative estimate of drug-likeness (QED) is 0.574. The van der Waals surface area contributed by atoms with E-state index in [1.54, 1.807) is 30.0 Å². The number of aromatic nitrogens is 1.